The molecule has 0 unspecified atom stereocenters. The summed E-state index contributed by atoms with van der Waals surface area (Å²) in [7, 11) is 0. The molecule has 1 aromatic heterocycles. The monoisotopic (exact) mass is 501 g/mol. The number of aromatic hydroxyl groups is 1. The number of phenolic OH excluding ortho intramolecular Hbond substituents is 1. The minimum absolute atomic E-state index is 0.0174. The molecule has 0 aliphatic carbocycles. The van der Waals surface area contributed by atoms with E-state index in [1.165, 1.54) is 23.0 Å². The van der Waals surface area contributed by atoms with Crippen LogP contribution in [-0.4, -0.2) is 26.6 Å². The van der Waals surface area contributed by atoms with E-state index in [0.717, 1.165) is 17.3 Å². The maximum atomic E-state index is 13.6. The number of nitrogens with zero attached hydrogens (tertiary/aromatic N) is 3. The van der Waals surface area contributed by atoms with Crippen molar-refractivity contribution in [3.63, 3.8) is 0 Å². The summed E-state index contributed by atoms with van der Waals surface area (Å²) < 4.78 is 20.7. The molecule has 1 aliphatic heterocycles. The number of benzene rings is 3. The fourth-order valence-corrected chi connectivity index (χ4v) is 3.87. The molecule has 1 aliphatic rings. The molecule has 10 heteroatoms. The first-order valence-electron chi connectivity index (χ1n) is 11.5. The number of nitrogens with one attached hydrogen (secondary N) is 2. The highest BCUT2D eigenvalue weighted by molar-refractivity contribution is 5.70. The summed E-state index contributed by atoms with van der Waals surface area (Å²) in [6.45, 7) is 1.91. The Balaban J connectivity index is 1.53. The molecule has 5 rings (SSSR count). The first-order valence-corrected chi connectivity index (χ1v) is 11.5. The zero-order valence-corrected chi connectivity index (χ0v) is 19.9. The third-order valence-corrected chi connectivity index (χ3v) is 5.80. The Labute approximate surface area is 211 Å². The molecule has 3 aromatic carbocycles. The molecule has 2 heterocycles. The molecule has 0 saturated carbocycles. The van der Waals surface area contributed by atoms with Crippen molar-refractivity contribution in [3.05, 3.63) is 107 Å². The lowest BCUT2D eigenvalue weighted by molar-refractivity contribution is 0.296. The Hall–Kier alpha value is -4.67. The van der Waals surface area contributed by atoms with E-state index in [2.05, 4.69) is 16.1 Å². The molecule has 0 amide bonds. The van der Waals surface area contributed by atoms with E-state index >= 15 is 0 Å². The van der Waals surface area contributed by atoms with Crippen molar-refractivity contribution in [2.24, 2.45) is 0 Å². The van der Waals surface area contributed by atoms with Crippen molar-refractivity contribution < 1.29 is 19.3 Å². The summed E-state index contributed by atoms with van der Waals surface area (Å²) in [5, 5.41) is 25.2. The number of aliphatic hydroxyl groups is 1. The van der Waals surface area contributed by atoms with Crippen LogP contribution in [0.5, 0.6) is 17.2 Å². The number of hydrogen-bond acceptors (Lipinski definition) is 8. The largest absolute Gasteiger partial charge is 0.507 e. The number of hydrogen-bond donors (Lipinski definition) is 4. The number of halogens is 1. The van der Waals surface area contributed by atoms with Crippen LogP contribution in [0.15, 0.2) is 89.6 Å². The van der Waals surface area contributed by atoms with Crippen molar-refractivity contribution in [3.8, 4) is 34.1 Å². The third-order valence-electron chi connectivity index (χ3n) is 5.80. The first kappa shape index (κ1) is 24.0. The molecule has 0 saturated heterocycles. The zero-order chi connectivity index (χ0) is 25.9. The highest BCUT2D eigenvalue weighted by Crippen LogP contribution is 2.33. The van der Waals surface area contributed by atoms with Gasteiger partial charge >= 0.3 is 5.56 Å². The molecule has 0 spiro atoms. The van der Waals surface area contributed by atoms with Crippen LogP contribution in [0.4, 0.5) is 10.1 Å². The molecule has 0 bridgehead atoms. The van der Waals surface area contributed by atoms with Gasteiger partial charge in [0.25, 0.3) is 0 Å². The van der Waals surface area contributed by atoms with Gasteiger partial charge in [0.15, 0.2) is 0 Å². The number of rotatable bonds is 7. The van der Waals surface area contributed by atoms with Crippen molar-refractivity contribution in [1.29, 1.82) is 0 Å². The standard InChI is InChI=1S/C27H24FN5O4/c1-17-2-7-21(8-3-17)33-27(36)26(24(15-29-33)32-16-20(12-13-34)30-31-32)37-22-9-4-18(5-10-22)23-11-6-19(28)14-25(23)35/h2-11,14-16,30-31,34-35H,12-13H2,1H3. The van der Waals surface area contributed by atoms with E-state index in [1.54, 1.807) is 47.6 Å². The van der Waals surface area contributed by atoms with Crippen molar-refractivity contribution >= 4 is 5.69 Å². The molecule has 0 atom stereocenters. The Kier molecular flexibility index (Phi) is 6.59. The normalized spacial score (nSPS) is 12.8. The van der Waals surface area contributed by atoms with Gasteiger partial charge in [-0.05, 0) is 48.9 Å². The summed E-state index contributed by atoms with van der Waals surface area (Å²) in [5.41, 5.74) is 9.21. The summed E-state index contributed by atoms with van der Waals surface area (Å²) >= 11 is 0. The molecule has 188 valence electrons. The van der Waals surface area contributed by atoms with E-state index in [4.69, 9.17) is 4.74 Å². The fraction of sp³-hybridized carbons (Fsp3) is 0.111. The average molecular weight is 502 g/mol. The van der Waals surface area contributed by atoms with Gasteiger partial charge in [0.2, 0.25) is 5.75 Å². The van der Waals surface area contributed by atoms with Gasteiger partial charge in [-0.2, -0.15) is 9.78 Å². The minimum Gasteiger partial charge on any atom is -0.507 e. The number of ether oxygens (including phenoxy) is 1. The van der Waals surface area contributed by atoms with Crippen LogP contribution < -0.4 is 26.3 Å². The van der Waals surface area contributed by atoms with Crippen LogP contribution in [0.3, 0.4) is 0 Å². The van der Waals surface area contributed by atoms with Crippen LogP contribution in [0, 0.1) is 12.7 Å². The summed E-state index contributed by atoms with van der Waals surface area (Å²) in [5.74, 6) is -0.317. The molecule has 4 aromatic rings. The van der Waals surface area contributed by atoms with Crippen LogP contribution in [0.1, 0.15) is 12.0 Å². The van der Waals surface area contributed by atoms with E-state index in [1.807, 2.05) is 19.1 Å². The van der Waals surface area contributed by atoms with Crippen molar-refractivity contribution in [1.82, 2.24) is 20.7 Å². The van der Waals surface area contributed by atoms with Gasteiger partial charge in [-0.1, -0.05) is 29.8 Å². The smallest absolute Gasteiger partial charge is 0.316 e. The molecule has 0 radical (unpaired) electrons. The summed E-state index contributed by atoms with van der Waals surface area (Å²) in [6.07, 6.45) is 3.61. The topological polar surface area (TPSA) is 112 Å². The van der Waals surface area contributed by atoms with E-state index in [-0.39, 0.29) is 18.1 Å². The molecule has 0 fully saturated rings. The summed E-state index contributed by atoms with van der Waals surface area (Å²) in [6, 6.07) is 17.9. The van der Waals surface area contributed by atoms with Gasteiger partial charge in [0, 0.05) is 36.6 Å². The maximum Gasteiger partial charge on any atom is 0.316 e. The number of aliphatic hydroxyl groups excluding tert-OH is 1. The van der Waals surface area contributed by atoms with Crippen LogP contribution in [0.2, 0.25) is 0 Å². The zero-order valence-electron chi connectivity index (χ0n) is 19.9. The lowest BCUT2D eigenvalue weighted by Crippen LogP contribution is -2.38. The average Bonchev–Trinajstić information content (AvgIpc) is 3.35. The van der Waals surface area contributed by atoms with Gasteiger partial charge < -0.3 is 20.4 Å². The van der Waals surface area contributed by atoms with E-state index < -0.39 is 11.4 Å². The number of aryl methyl sites for hydroxylation is 1. The minimum atomic E-state index is -0.530. The van der Waals surface area contributed by atoms with Crippen LogP contribution >= 0.6 is 0 Å². The highest BCUT2D eigenvalue weighted by atomic mass is 19.1. The predicted molar refractivity (Wildman–Crippen MR) is 137 cm³/mol. The van der Waals surface area contributed by atoms with Gasteiger partial charge in [-0.15, -0.1) is 5.53 Å². The van der Waals surface area contributed by atoms with Crippen LogP contribution in [-0.2, 0) is 0 Å². The number of anilines is 1. The van der Waals surface area contributed by atoms with Gasteiger partial charge in [-0.25, -0.2) is 4.39 Å². The first-order chi connectivity index (χ1) is 17.9. The summed E-state index contributed by atoms with van der Waals surface area (Å²) in [4.78, 5) is 13.6. The third kappa shape index (κ3) is 5.01. The van der Waals surface area contributed by atoms with Crippen LogP contribution in [0.25, 0.3) is 16.8 Å². The van der Waals surface area contributed by atoms with Crippen molar-refractivity contribution in [2.45, 2.75) is 13.3 Å². The van der Waals surface area contributed by atoms with Gasteiger partial charge in [0.1, 0.15) is 23.0 Å². The number of phenols is 1. The van der Waals surface area contributed by atoms with Crippen molar-refractivity contribution in [2.75, 3.05) is 11.6 Å². The molecular weight excluding hydrogens is 477 g/mol. The second kappa shape index (κ2) is 10.1. The predicted octanol–water partition coefficient (Wildman–Crippen LogP) is 3.90. The maximum absolute atomic E-state index is 13.6. The Bertz CT molecular complexity index is 1520. The highest BCUT2D eigenvalue weighted by Gasteiger charge is 2.22. The second-order valence-electron chi connectivity index (χ2n) is 8.43. The molecule has 4 N–H and O–H groups in total. The van der Waals surface area contributed by atoms with Gasteiger partial charge in [0.05, 0.1) is 11.9 Å². The Morgan fingerprint density at radius 2 is 1.81 bits per heavy atom. The fourth-order valence-electron chi connectivity index (χ4n) is 3.87. The van der Waals surface area contributed by atoms with E-state index in [9.17, 15) is 19.4 Å². The SMILES string of the molecule is Cc1ccc(-n2ncc(N3C=C(CCO)NN3)c(Oc3ccc(-c4ccc(F)cc4O)cc3)c2=O)cc1. The number of aromatic nitrogens is 2. The number of hydrazine groups is 2. The van der Waals surface area contributed by atoms with Gasteiger partial charge in [-0.3, -0.25) is 9.80 Å². The lowest BCUT2D eigenvalue weighted by Gasteiger charge is -2.19. The lowest BCUT2D eigenvalue weighted by atomic mass is 10.0. The molecule has 9 nitrogen and oxygen atoms in total. The Morgan fingerprint density at radius 1 is 1.05 bits per heavy atom. The second-order valence-corrected chi connectivity index (χ2v) is 8.43. The van der Waals surface area contributed by atoms with E-state index in [0.29, 0.717) is 34.7 Å². The Morgan fingerprint density at radius 3 is 2.51 bits per heavy atom. The molecular formula is C27H24FN5O4. The molecule has 37 heavy (non-hydrogen) atoms. The quantitative estimate of drug-likeness (QED) is 0.302.